The maximum absolute atomic E-state index is 6.53. The molecule has 0 radical (unpaired) electrons. The molecule has 2 N–H and O–H groups in total. The van der Waals surface area contributed by atoms with Crippen molar-refractivity contribution in [2.75, 3.05) is 26.8 Å². The van der Waals surface area contributed by atoms with Gasteiger partial charge in [-0.1, -0.05) is 29.3 Å². The van der Waals surface area contributed by atoms with Crippen LogP contribution in [0.5, 0.6) is 0 Å². The standard InChI is InChI=1S/C19H23Cl2N3OS/c1-22-18(23-11-14-4-9-26-12-14)24-13-19(5-7-25-8-6-19)16-3-2-15(20)10-17(16)21/h2-4,9-10,12H,5-8,11,13H2,1H3,(H2,22,23,24). The van der Waals surface area contributed by atoms with Crippen LogP contribution in [0.1, 0.15) is 24.0 Å². The molecule has 0 unspecified atom stereocenters. The van der Waals surface area contributed by atoms with Crippen LogP contribution in [0, 0.1) is 0 Å². The molecule has 0 saturated carbocycles. The number of aliphatic imine (C=N–C) groups is 1. The molecule has 7 heteroatoms. The van der Waals surface area contributed by atoms with Gasteiger partial charge in [0.15, 0.2) is 5.96 Å². The highest BCUT2D eigenvalue weighted by Gasteiger charge is 2.36. The monoisotopic (exact) mass is 411 g/mol. The van der Waals surface area contributed by atoms with Crippen molar-refractivity contribution in [2.45, 2.75) is 24.8 Å². The summed E-state index contributed by atoms with van der Waals surface area (Å²) in [5.74, 6) is 0.784. The van der Waals surface area contributed by atoms with E-state index in [1.54, 1.807) is 18.4 Å². The molecule has 0 aliphatic carbocycles. The van der Waals surface area contributed by atoms with Crippen LogP contribution >= 0.6 is 34.5 Å². The van der Waals surface area contributed by atoms with Gasteiger partial charge in [-0.05, 0) is 52.9 Å². The number of halogens is 2. The summed E-state index contributed by atoms with van der Waals surface area (Å²) in [5.41, 5.74) is 2.27. The zero-order valence-corrected chi connectivity index (χ0v) is 17.1. The summed E-state index contributed by atoms with van der Waals surface area (Å²) >= 11 is 14.3. The van der Waals surface area contributed by atoms with E-state index < -0.39 is 0 Å². The fraction of sp³-hybridized carbons (Fsp3) is 0.421. The summed E-state index contributed by atoms with van der Waals surface area (Å²) in [6.45, 7) is 2.94. The second-order valence-electron chi connectivity index (χ2n) is 6.43. The molecule has 0 amide bonds. The number of hydrogen-bond acceptors (Lipinski definition) is 3. The largest absolute Gasteiger partial charge is 0.381 e. The van der Waals surface area contributed by atoms with Gasteiger partial charge in [-0.25, -0.2) is 0 Å². The highest BCUT2D eigenvalue weighted by molar-refractivity contribution is 7.07. The summed E-state index contributed by atoms with van der Waals surface area (Å²) in [7, 11) is 1.79. The van der Waals surface area contributed by atoms with Crippen LogP contribution in [-0.2, 0) is 16.7 Å². The number of nitrogens with one attached hydrogen (secondary N) is 2. The Morgan fingerprint density at radius 3 is 2.69 bits per heavy atom. The van der Waals surface area contributed by atoms with Gasteiger partial charge >= 0.3 is 0 Å². The van der Waals surface area contributed by atoms with E-state index in [1.807, 2.05) is 18.2 Å². The van der Waals surface area contributed by atoms with E-state index in [9.17, 15) is 0 Å². The molecule has 0 bridgehead atoms. The predicted octanol–water partition coefficient (Wildman–Crippen LogP) is 4.47. The van der Waals surface area contributed by atoms with Crippen molar-refractivity contribution in [3.8, 4) is 0 Å². The molecule has 0 atom stereocenters. The Balaban J connectivity index is 1.71. The molecule has 2 aromatic rings. The summed E-state index contributed by atoms with van der Waals surface area (Å²) in [6.07, 6.45) is 1.81. The van der Waals surface area contributed by atoms with E-state index in [2.05, 4.69) is 32.5 Å². The van der Waals surface area contributed by atoms with Gasteiger partial charge in [0.1, 0.15) is 0 Å². The zero-order valence-electron chi connectivity index (χ0n) is 14.7. The first-order valence-corrected chi connectivity index (χ1v) is 10.3. The van der Waals surface area contributed by atoms with Gasteiger partial charge < -0.3 is 15.4 Å². The average molecular weight is 412 g/mol. The van der Waals surface area contributed by atoms with E-state index in [-0.39, 0.29) is 5.41 Å². The fourth-order valence-corrected chi connectivity index (χ4v) is 4.55. The third-order valence-electron chi connectivity index (χ3n) is 4.81. The number of rotatable bonds is 5. The molecule has 140 valence electrons. The minimum Gasteiger partial charge on any atom is -0.381 e. The number of guanidine groups is 1. The van der Waals surface area contributed by atoms with E-state index in [4.69, 9.17) is 27.9 Å². The van der Waals surface area contributed by atoms with Gasteiger partial charge in [0.05, 0.1) is 0 Å². The number of benzene rings is 1. The SMILES string of the molecule is CN=C(NCc1ccsc1)NCC1(c2ccc(Cl)cc2Cl)CCOCC1. The lowest BCUT2D eigenvalue weighted by atomic mass is 9.74. The Labute approximate surface area is 168 Å². The number of nitrogens with zero attached hydrogens (tertiary/aromatic N) is 1. The van der Waals surface area contributed by atoms with Crippen molar-refractivity contribution in [1.29, 1.82) is 0 Å². The molecule has 1 aromatic heterocycles. The molecule has 1 aliphatic heterocycles. The van der Waals surface area contributed by atoms with Gasteiger partial charge in [0.25, 0.3) is 0 Å². The van der Waals surface area contributed by atoms with Crippen molar-refractivity contribution < 1.29 is 4.74 Å². The lowest BCUT2D eigenvalue weighted by Crippen LogP contribution is -2.48. The van der Waals surface area contributed by atoms with Crippen LogP contribution in [-0.4, -0.2) is 32.8 Å². The second kappa shape index (κ2) is 9.09. The molecule has 1 aromatic carbocycles. The Hall–Kier alpha value is -1.27. The number of hydrogen-bond donors (Lipinski definition) is 2. The fourth-order valence-electron chi connectivity index (χ4n) is 3.28. The van der Waals surface area contributed by atoms with Crippen molar-refractivity contribution in [3.05, 3.63) is 56.2 Å². The topological polar surface area (TPSA) is 45.7 Å². The second-order valence-corrected chi connectivity index (χ2v) is 8.05. The van der Waals surface area contributed by atoms with E-state index in [0.717, 1.165) is 50.7 Å². The Bertz CT molecular complexity index is 743. The van der Waals surface area contributed by atoms with E-state index in [1.165, 1.54) is 5.56 Å². The van der Waals surface area contributed by atoms with E-state index in [0.29, 0.717) is 10.0 Å². The molecular weight excluding hydrogens is 389 g/mol. The van der Waals surface area contributed by atoms with Crippen LogP contribution in [0.4, 0.5) is 0 Å². The third kappa shape index (κ3) is 4.71. The smallest absolute Gasteiger partial charge is 0.191 e. The molecule has 0 spiro atoms. The van der Waals surface area contributed by atoms with Gasteiger partial charge in [-0.2, -0.15) is 11.3 Å². The van der Waals surface area contributed by atoms with Crippen molar-refractivity contribution >= 4 is 40.5 Å². The molecule has 3 rings (SSSR count). The summed E-state index contributed by atoms with van der Waals surface area (Å²) < 4.78 is 5.60. The van der Waals surface area contributed by atoms with Crippen molar-refractivity contribution in [1.82, 2.24) is 10.6 Å². The van der Waals surface area contributed by atoms with E-state index >= 15 is 0 Å². The lowest BCUT2D eigenvalue weighted by Gasteiger charge is -2.39. The molecule has 1 aliphatic rings. The Morgan fingerprint density at radius 2 is 2.04 bits per heavy atom. The van der Waals surface area contributed by atoms with Crippen LogP contribution in [0.15, 0.2) is 40.0 Å². The maximum atomic E-state index is 6.53. The quantitative estimate of drug-likeness (QED) is 0.563. The van der Waals surface area contributed by atoms with Crippen molar-refractivity contribution in [3.63, 3.8) is 0 Å². The van der Waals surface area contributed by atoms with Crippen molar-refractivity contribution in [2.24, 2.45) is 4.99 Å². The zero-order chi connectivity index (χ0) is 18.4. The number of thiophene rings is 1. The average Bonchev–Trinajstić information content (AvgIpc) is 3.16. The molecule has 1 fully saturated rings. The molecule has 26 heavy (non-hydrogen) atoms. The van der Waals surface area contributed by atoms with Gasteiger partial charge in [0, 0.05) is 48.8 Å². The minimum absolute atomic E-state index is 0.0973. The summed E-state index contributed by atoms with van der Waals surface area (Å²) in [6, 6.07) is 7.88. The van der Waals surface area contributed by atoms with Crippen LogP contribution in [0.2, 0.25) is 10.0 Å². The molecule has 4 nitrogen and oxygen atoms in total. The van der Waals surface area contributed by atoms with Crippen LogP contribution < -0.4 is 10.6 Å². The highest BCUT2D eigenvalue weighted by Crippen LogP contribution is 2.39. The first-order chi connectivity index (χ1) is 12.6. The van der Waals surface area contributed by atoms with Gasteiger partial charge in [-0.15, -0.1) is 0 Å². The Kier molecular flexibility index (Phi) is 6.81. The van der Waals surface area contributed by atoms with Crippen LogP contribution in [0.25, 0.3) is 0 Å². The van der Waals surface area contributed by atoms with Gasteiger partial charge in [-0.3, -0.25) is 4.99 Å². The van der Waals surface area contributed by atoms with Crippen LogP contribution in [0.3, 0.4) is 0 Å². The molecular formula is C19H23Cl2N3OS. The third-order valence-corrected chi connectivity index (χ3v) is 6.09. The van der Waals surface area contributed by atoms with Gasteiger partial charge in [0.2, 0.25) is 0 Å². The predicted molar refractivity (Wildman–Crippen MR) is 111 cm³/mol. The number of ether oxygens (including phenoxy) is 1. The first kappa shape index (κ1) is 19.5. The lowest BCUT2D eigenvalue weighted by molar-refractivity contribution is 0.0514. The summed E-state index contributed by atoms with van der Waals surface area (Å²) in [4.78, 5) is 4.35. The highest BCUT2D eigenvalue weighted by atomic mass is 35.5. The summed E-state index contributed by atoms with van der Waals surface area (Å²) in [5, 5.41) is 12.4. The molecule has 1 saturated heterocycles. The minimum atomic E-state index is -0.0973. The maximum Gasteiger partial charge on any atom is 0.191 e. The Morgan fingerprint density at radius 1 is 1.23 bits per heavy atom. The normalized spacial score (nSPS) is 17.1. The first-order valence-electron chi connectivity index (χ1n) is 8.62. The molecule has 2 heterocycles.